The van der Waals surface area contributed by atoms with Gasteiger partial charge in [-0.25, -0.2) is 4.79 Å². The fraction of sp³-hybridized carbons (Fsp3) is 0.190. The van der Waals surface area contributed by atoms with Gasteiger partial charge in [0.1, 0.15) is 17.2 Å². The van der Waals surface area contributed by atoms with Gasteiger partial charge in [-0.3, -0.25) is 10.1 Å². The first-order valence-corrected chi connectivity index (χ1v) is 8.72. The number of hydrogen-bond acceptors (Lipinski definition) is 7. The van der Waals surface area contributed by atoms with E-state index >= 15 is 0 Å². The Morgan fingerprint density at radius 2 is 1.66 bits per heavy atom. The molecule has 0 aliphatic carbocycles. The number of nitrogens with one attached hydrogen (secondary N) is 1. The van der Waals surface area contributed by atoms with Crippen LogP contribution in [-0.2, 0) is 9.53 Å². The van der Waals surface area contributed by atoms with Gasteiger partial charge in [-0.05, 0) is 19.1 Å². The largest absolute Gasteiger partial charge is 0.497 e. The first-order chi connectivity index (χ1) is 14.0. The van der Waals surface area contributed by atoms with Gasteiger partial charge in [-0.2, -0.15) is 0 Å². The molecule has 1 amide bonds. The molecule has 0 atom stereocenters. The van der Waals surface area contributed by atoms with Crippen LogP contribution in [0, 0.1) is 6.92 Å². The van der Waals surface area contributed by atoms with Gasteiger partial charge in [0.05, 0.1) is 19.8 Å². The molecule has 0 aliphatic rings. The van der Waals surface area contributed by atoms with Gasteiger partial charge >= 0.3 is 5.97 Å². The highest BCUT2D eigenvalue weighted by atomic mass is 16.5. The third-order valence-electron chi connectivity index (χ3n) is 4.04. The predicted octanol–water partition coefficient (Wildman–Crippen LogP) is 3.46. The molecule has 0 radical (unpaired) electrons. The molecule has 1 heterocycles. The summed E-state index contributed by atoms with van der Waals surface area (Å²) in [5, 5.41) is 6.43. The molecule has 0 spiro atoms. The summed E-state index contributed by atoms with van der Waals surface area (Å²) in [6, 6.07) is 13.9. The van der Waals surface area contributed by atoms with Gasteiger partial charge in [-0.1, -0.05) is 35.0 Å². The van der Waals surface area contributed by atoms with Crippen molar-refractivity contribution < 1.29 is 28.3 Å². The molecule has 3 rings (SSSR count). The lowest BCUT2D eigenvalue weighted by Crippen LogP contribution is -2.20. The molecule has 0 aliphatic heterocycles. The van der Waals surface area contributed by atoms with Crippen molar-refractivity contribution in [3.05, 3.63) is 59.7 Å². The highest BCUT2D eigenvalue weighted by Crippen LogP contribution is 2.23. The van der Waals surface area contributed by atoms with E-state index in [1.165, 1.54) is 26.4 Å². The zero-order chi connectivity index (χ0) is 20.8. The number of esters is 1. The predicted molar refractivity (Wildman–Crippen MR) is 105 cm³/mol. The number of rotatable bonds is 7. The van der Waals surface area contributed by atoms with Crippen LogP contribution < -0.4 is 14.8 Å². The first kappa shape index (κ1) is 19.9. The Morgan fingerprint density at radius 3 is 2.28 bits per heavy atom. The van der Waals surface area contributed by atoms with E-state index in [2.05, 4.69) is 10.5 Å². The van der Waals surface area contributed by atoms with Gasteiger partial charge in [-0.15, -0.1) is 0 Å². The lowest BCUT2D eigenvalue weighted by atomic mass is 10.1. The summed E-state index contributed by atoms with van der Waals surface area (Å²) in [5.41, 5.74) is 2.77. The lowest BCUT2D eigenvalue weighted by molar-refractivity contribution is -0.119. The fourth-order valence-electron chi connectivity index (χ4n) is 2.51. The Bertz CT molecular complexity index is 988. The number of carbonyl (C=O) groups is 2. The number of amides is 1. The van der Waals surface area contributed by atoms with Gasteiger partial charge in [0, 0.05) is 17.7 Å². The molecule has 2 aromatic carbocycles. The van der Waals surface area contributed by atoms with Crippen molar-refractivity contribution in [3.63, 3.8) is 0 Å². The van der Waals surface area contributed by atoms with Crippen LogP contribution in [0.5, 0.6) is 11.5 Å². The average Bonchev–Trinajstić information content (AvgIpc) is 3.20. The quantitative estimate of drug-likeness (QED) is 0.611. The fourth-order valence-corrected chi connectivity index (χ4v) is 2.51. The van der Waals surface area contributed by atoms with Crippen LogP contribution >= 0.6 is 0 Å². The minimum absolute atomic E-state index is 0.157. The highest BCUT2D eigenvalue weighted by molar-refractivity contribution is 5.95. The summed E-state index contributed by atoms with van der Waals surface area (Å²) in [7, 11) is 2.94. The van der Waals surface area contributed by atoms with Crippen LogP contribution in [0.3, 0.4) is 0 Å². The van der Waals surface area contributed by atoms with Crippen LogP contribution in [0.25, 0.3) is 11.3 Å². The van der Waals surface area contributed by atoms with E-state index in [0.29, 0.717) is 17.2 Å². The Morgan fingerprint density at radius 1 is 1.00 bits per heavy atom. The third-order valence-corrected chi connectivity index (χ3v) is 4.04. The number of carbonyl (C=O) groups excluding carboxylic acids is 2. The molecule has 1 N–H and O–H groups in total. The second-order valence-corrected chi connectivity index (χ2v) is 6.17. The van der Waals surface area contributed by atoms with Crippen molar-refractivity contribution in [1.82, 2.24) is 5.16 Å². The van der Waals surface area contributed by atoms with Crippen LogP contribution in [0.1, 0.15) is 15.9 Å². The monoisotopic (exact) mass is 396 g/mol. The van der Waals surface area contributed by atoms with Crippen molar-refractivity contribution in [2.45, 2.75) is 6.92 Å². The summed E-state index contributed by atoms with van der Waals surface area (Å²) in [4.78, 5) is 24.3. The van der Waals surface area contributed by atoms with E-state index in [0.717, 1.165) is 11.1 Å². The second-order valence-electron chi connectivity index (χ2n) is 6.17. The molecule has 0 bridgehead atoms. The SMILES string of the molecule is COc1cc(OC)cc(C(=O)OCC(=O)Nc2cc(-c3ccc(C)cc3)no2)c1. The van der Waals surface area contributed by atoms with Crippen molar-refractivity contribution in [2.24, 2.45) is 0 Å². The summed E-state index contributed by atoms with van der Waals surface area (Å²) < 4.78 is 20.4. The molecular weight excluding hydrogens is 376 g/mol. The Hall–Kier alpha value is -3.81. The number of hydrogen-bond donors (Lipinski definition) is 1. The minimum atomic E-state index is -0.685. The van der Waals surface area contributed by atoms with Crippen LogP contribution in [0.4, 0.5) is 5.88 Å². The number of aromatic nitrogens is 1. The van der Waals surface area contributed by atoms with Gasteiger partial charge in [0.2, 0.25) is 5.88 Å². The lowest BCUT2D eigenvalue weighted by Gasteiger charge is -2.08. The number of anilines is 1. The van der Waals surface area contributed by atoms with Crippen molar-refractivity contribution in [3.8, 4) is 22.8 Å². The highest BCUT2D eigenvalue weighted by Gasteiger charge is 2.15. The van der Waals surface area contributed by atoms with Crippen molar-refractivity contribution in [1.29, 1.82) is 0 Å². The number of methoxy groups -OCH3 is 2. The second kappa shape index (κ2) is 8.92. The van der Waals surface area contributed by atoms with Gasteiger partial charge in [0.15, 0.2) is 6.61 Å². The number of aryl methyl sites for hydroxylation is 1. The first-order valence-electron chi connectivity index (χ1n) is 8.72. The van der Waals surface area contributed by atoms with Crippen LogP contribution in [-0.4, -0.2) is 37.9 Å². The molecular formula is C21H20N2O6. The van der Waals surface area contributed by atoms with E-state index in [4.69, 9.17) is 18.7 Å². The number of benzene rings is 2. The Labute approximate surface area is 167 Å². The number of nitrogens with zero attached hydrogens (tertiary/aromatic N) is 1. The zero-order valence-electron chi connectivity index (χ0n) is 16.2. The summed E-state index contributed by atoms with van der Waals surface area (Å²) in [6.45, 7) is 1.50. The molecule has 3 aromatic rings. The van der Waals surface area contributed by atoms with Gasteiger partial charge < -0.3 is 18.7 Å². The van der Waals surface area contributed by atoms with Crippen LogP contribution in [0.2, 0.25) is 0 Å². The molecule has 1 aromatic heterocycles. The molecule has 0 fully saturated rings. The minimum Gasteiger partial charge on any atom is -0.497 e. The zero-order valence-corrected chi connectivity index (χ0v) is 16.2. The molecule has 8 heteroatoms. The standard InChI is InChI=1S/C21H20N2O6/c1-13-4-6-14(7-5-13)18-11-20(29-23-18)22-19(24)12-28-21(25)15-8-16(26-2)10-17(9-15)27-3/h4-11H,12H2,1-3H3,(H,22,24). The van der Waals surface area contributed by atoms with E-state index in [9.17, 15) is 9.59 Å². The van der Waals surface area contributed by atoms with E-state index in [1.54, 1.807) is 12.1 Å². The van der Waals surface area contributed by atoms with Crippen molar-refractivity contribution >= 4 is 17.8 Å². The molecule has 150 valence electrons. The van der Waals surface area contributed by atoms with Gasteiger partial charge in [0.25, 0.3) is 5.91 Å². The van der Waals surface area contributed by atoms with E-state index < -0.39 is 18.5 Å². The topological polar surface area (TPSA) is 99.9 Å². The average molecular weight is 396 g/mol. The number of ether oxygens (including phenoxy) is 3. The molecule has 0 saturated carbocycles. The molecule has 0 unspecified atom stereocenters. The maximum absolute atomic E-state index is 12.2. The Kier molecular flexibility index (Phi) is 6.13. The summed E-state index contributed by atoms with van der Waals surface area (Å²) in [6.07, 6.45) is 0. The summed E-state index contributed by atoms with van der Waals surface area (Å²) >= 11 is 0. The van der Waals surface area contributed by atoms with Crippen LogP contribution in [0.15, 0.2) is 53.1 Å². The smallest absolute Gasteiger partial charge is 0.338 e. The van der Waals surface area contributed by atoms with E-state index in [1.807, 2.05) is 31.2 Å². The maximum Gasteiger partial charge on any atom is 0.338 e. The third kappa shape index (κ3) is 5.13. The molecule has 8 nitrogen and oxygen atoms in total. The molecule has 0 saturated heterocycles. The normalized spacial score (nSPS) is 10.3. The molecule has 29 heavy (non-hydrogen) atoms. The Balaban J connectivity index is 1.57. The van der Waals surface area contributed by atoms with E-state index in [-0.39, 0.29) is 11.4 Å². The maximum atomic E-state index is 12.2. The van der Waals surface area contributed by atoms with Crippen molar-refractivity contribution in [2.75, 3.05) is 26.1 Å². The summed E-state index contributed by atoms with van der Waals surface area (Å²) in [5.74, 6) is -0.211.